The normalized spacial score (nSPS) is 18.2. The van der Waals surface area contributed by atoms with E-state index in [2.05, 4.69) is 5.32 Å². The highest BCUT2D eigenvalue weighted by atomic mass is 16.5. The second-order valence-corrected chi connectivity index (χ2v) is 5.39. The Hall–Kier alpha value is -0.610. The van der Waals surface area contributed by atoms with E-state index in [9.17, 15) is 4.79 Å². The van der Waals surface area contributed by atoms with Gasteiger partial charge in [-0.1, -0.05) is 0 Å². The molecule has 1 fully saturated rings. The Balaban J connectivity index is 2.25. The molecule has 16 heavy (non-hydrogen) atoms. The van der Waals surface area contributed by atoms with Crippen LogP contribution in [0, 0.1) is 5.41 Å². The summed E-state index contributed by atoms with van der Waals surface area (Å²) in [7, 11) is 1.61. The first-order valence-electron chi connectivity index (χ1n) is 5.86. The van der Waals surface area contributed by atoms with Crippen LogP contribution >= 0.6 is 0 Å². The van der Waals surface area contributed by atoms with E-state index in [-0.39, 0.29) is 17.9 Å². The van der Waals surface area contributed by atoms with Gasteiger partial charge >= 0.3 is 0 Å². The number of rotatable bonds is 7. The molecule has 0 saturated heterocycles. The van der Waals surface area contributed by atoms with E-state index in [4.69, 9.17) is 9.84 Å². The van der Waals surface area contributed by atoms with Crippen LogP contribution in [-0.2, 0) is 9.53 Å². The Labute approximate surface area is 97.4 Å². The van der Waals surface area contributed by atoms with E-state index >= 15 is 0 Å². The second kappa shape index (κ2) is 5.15. The molecule has 0 unspecified atom stereocenters. The zero-order valence-electron chi connectivity index (χ0n) is 10.5. The number of methoxy groups -OCH3 is 1. The molecule has 0 atom stereocenters. The first-order chi connectivity index (χ1) is 7.43. The Morgan fingerprint density at radius 1 is 1.50 bits per heavy atom. The minimum absolute atomic E-state index is 0.0241. The van der Waals surface area contributed by atoms with E-state index in [1.807, 2.05) is 13.8 Å². The lowest BCUT2D eigenvalue weighted by molar-refractivity contribution is -0.126. The third kappa shape index (κ3) is 4.10. The molecular formula is C12H23NO3. The summed E-state index contributed by atoms with van der Waals surface area (Å²) in [6, 6.07) is 0. The van der Waals surface area contributed by atoms with Gasteiger partial charge in [0.15, 0.2) is 0 Å². The number of aliphatic hydroxyl groups is 1. The monoisotopic (exact) mass is 229 g/mol. The van der Waals surface area contributed by atoms with Crippen molar-refractivity contribution in [3.63, 3.8) is 0 Å². The molecule has 0 aromatic carbocycles. The molecule has 1 amide bonds. The molecule has 1 saturated carbocycles. The summed E-state index contributed by atoms with van der Waals surface area (Å²) in [4.78, 5) is 11.6. The van der Waals surface area contributed by atoms with Gasteiger partial charge in [0.25, 0.3) is 0 Å². The molecule has 4 nitrogen and oxygen atoms in total. The summed E-state index contributed by atoms with van der Waals surface area (Å²) in [5.74, 6) is 0.0241. The van der Waals surface area contributed by atoms with Gasteiger partial charge in [-0.25, -0.2) is 0 Å². The van der Waals surface area contributed by atoms with Crippen molar-refractivity contribution in [1.82, 2.24) is 5.32 Å². The molecule has 0 heterocycles. The lowest BCUT2D eigenvalue weighted by Gasteiger charge is -2.23. The van der Waals surface area contributed by atoms with Crippen molar-refractivity contribution in [3.8, 4) is 0 Å². The molecule has 0 aromatic rings. The molecule has 1 aliphatic carbocycles. The third-order valence-electron chi connectivity index (χ3n) is 3.40. The summed E-state index contributed by atoms with van der Waals surface area (Å²) in [6.45, 7) is 4.69. The van der Waals surface area contributed by atoms with Gasteiger partial charge in [-0.3, -0.25) is 4.79 Å². The minimum Gasteiger partial charge on any atom is -0.396 e. The zero-order valence-corrected chi connectivity index (χ0v) is 10.5. The highest BCUT2D eigenvalue weighted by Crippen LogP contribution is 2.47. The van der Waals surface area contributed by atoms with Crippen molar-refractivity contribution in [1.29, 1.82) is 0 Å². The van der Waals surface area contributed by atoms with Crippen molar-refractivity contribution in [2.24, 2.45) is 5.41 Å². The van der Waals surface area contributed by atoms with Crippen LogP contribution in [0.2, 0.25) is 0 Å². The van der Waals surface area contributed by atoms with Crippen LogP contribution in [0.3, 0.4) is 0 Å². The third-order valence-corrected chi connectivity index (χ3v) is 3.40. The number of carbonyl (C=O) groups excluding carboxylic acids is 1. The molecule has 2 N–H and O–H groups in total. The molecule has 1 rings (SSSR count). The van der Waals surface area contributed by atoms with E-state index in [1.165, 1.54) is 0 Å². The molecule has 1 aliphatic rings. The standard InChI is InChI=1S/C12H23NO3/c1-11(2,16-3)8-10(15)13-9-12(4-5-12)6-7-14/h14H,4-9H2,1-3H3,(H,13,15). The maximum absolute atomic E-state index is 11.6. The maximum atomic E-state index is 11.6. The van der Waals surface area contributed by atoms with Crippen LogP contribution in [0.5, 0.6) is 0 Å². The number of nitrogens with one attached hydrogen (secondary N) is 1. The van der Waals surface area contributed by atoms with E-state index < -0.39 is 5.60 Å². The highest BCUT2D eigenvalue weighted by molar-refractivity contribution is 5.77. The van der Waals surface area contributed by atoms with Gasteiger partial charge < -0.3 is 15.2 Å². The van der Waals surface area contributed by atoms with E-state index in [0.717, 1.165) is 19.3 Å². The Kier molecular flexibility index (Phi) is 4.33. The quantitative estimate of drug-likeness (QED) is 0.687. The largest absolute Gasteiger partial charge is 0.396 e. The number of hydrogen-bond donors (Lipinski definition) is 2. The molecule has 0 spiro atoms. The first kappa shape index (κ1) is 13.5. The van der Waals surface area contributed by atoms with Crippen LogP contribution in [0.4, 0.5) is 0 Å². The van der Waals surface area contributed by atoms with Gasteiger partial charge in [-0.2, -0.15) is 0 Å². The fourth-order valence-electron chi connectivity index (χ4n) is 1.74. The maximum Gasteiger partial charge on any atom is 0.222 e. The Morgan fingerprint density at radius 2 is 2.12 bits per heavy atom. The number of ether oxygens (including phenoxy) is 1. The lowest BCUT2D eigenvalue weighted by atomic mass is 10.0. The van der Waals surface area contributed by atoms with Crippen molar-refractivity contribution in [2.75, 3.05) is 20.3 Å². The number of hydrogen-bond acceptors (Lipinski definition) is 3. The SMILES string of the molecule is COC(C)(C)CC(=O)NCC1(CCO)CC1. The molecule has 0 bridgehead atoms. The van der Waals surface area contributed by atoms with Gasteiger partial charge in [0, 0.05) is 20.3 Å². The molecule has 0 aromatic heterocycles. The van der Waals surface area contributed by atoms with Gasteiger partial charge in [0.1, 0.15) is 0 Å². The molecule has 94 valence electrons. The summed E-state index contributed by atoms with van der Waals surface area (Å²) in [6.07, 6.45) is 3.39. The Morgan fingerprint density at radius 3 is 2.56 bits per heavy atom. The predicted octanol–water partition coefficient (Wildman–Crippen LogP) is 1.08. The van der Waals surface area contributed by atoms with Crippen molar-refractivity contribution in [2.45, 2.75) is 45.1 Å². The van der Waals surface area contributed by atoms with Crippen molar-refractivity contribution < 1.29 is 14.6 Å². The first-order valence-corrected chi connectivity index (χ1v) is 5.86. The predicted molar refractivity (Wildman–Crippen MR) is 62.1 cm³/mol. The van der Waals surface area contributed by atoms with Crippen LogP contribution in [-0.4, -0.2) is 36.9 Å². The van der Waals surface area contributed by atoms with Gasteiger partial charge in [0.2, 0.25) is 5.91 Å². The topological polar surface area (TPSA) is 58.6 Å². The Bertz CT molecular complexity index is 247. The highest BCUT2D eigenvalue weighted by Gasteiger charge is 2.42. The molecule has 0 radical (unpaired) electrons. The van der Waals surface area contributed by atoms with Gasteiger partial charge in [-0.05, 0) is 38.5 Å². The van der Waals surface area contributed by atoms with Gasteiger partial charge in [-0.15, -0.1) is 0 Å². The van der Waals surface area contributed by atoms with Crippen molar-refractivity contribution >= 4 is 5.91 Å². The summed E-state index contributed by atoms with van der Waals surface area (Å²) in [5.41, 5.74) is -0.223. The molecule has 4 heteroatoms. The van der Waals surface area contributed by atoms with Crippen LogP contribution < -0.4 is 5.32 Å². The lowest BCUT2D eigenvalue weighted by Crippen LogP contribution is -2.36. The average Bonchev–Trinajstić information content (AvgIpc) is 2.96. The van der Waals surface area contributed by atoms with Gasteiger partial charge in [0.05, 0.1) is 12.0 Å². The summed E-state index contributed by atoms with van der Waals surface area (Å²) in [5, 5.41) is 11.8. The summed E-state index contributed by atoms with van der Waals surface area (Å²) >= 11 is 0. The van der Waals surface area contributed by atoms with Crippen LogP contribution in [0.25, 0.3) is 0 Å². The summed E-state index contributed by atoms with van der Waals surface area (Å²) < 4.78 is 5.20. The van der Waals surface area contributed by atoms with Crippen LogP contribution in [0.1, 0.15) is 39.5 Å². The fraction of sp³-hybridized carbons (Fsp3) is 0.917. The fourth-order valence-corrected chi connectivity index (χ4v) is 1.74. The smallest absolute Gasteiger partial charge is 0.222 e. The molecule has 0 aliphatic heterocycles. The number of carbonyl (C=O) groups is 1. The second-order valence-electron chi connectivity index (χ2n) is 5.39. The van der Waals surface area contributed by atoms with Crippen molar-refractivity contribution in [3.05, 3.63) is 0 Å². The number of amides is 1. The molecular weight excluding hydrogens is 206 g/mol. The van der Waals surface area contributed by atoms with Crippen LogP contribution in [0.15, 0.2) is 0 Å². The van der Waals surface area contributed by atoms with E-state index in [1.54, 1.807) is 7.11 Å². The average molecular weight is 229 g/mol. The number of aliphatic hydroxyl groups excluding tert-OH is 1. The minimum atomic E-state index is -0.405. The zero-order chi connectivity index (χ0) is 12.2. The van der Waals surface area contributed by atoms with E-state index in [0.29, 0.717) is 13.0 Å².